The first-order chi connectivity index (χ1) is 8.16. The van der Waals surface area contributed by atoms with Crippen molar-refractivity contribution < 1.29 is 14.6 Å². The highest BCUT2D eigenvalue weighted by Gasteiger charge is 2.44. The number of ether oxygens (including phenoxy) is 1. The summed E-state index contributed by atoms with van der Waals surface area (Å²) in [6.45, 7) is 0. The number of carbonyl (C=O) groups excluding carboxylic acids is 1. The number of carbonyl (C=O) groups is 1. The van der Waals surface area contributed by atoms with E-state index in [0.717, 1.165) is 15.0 Å². The molecule has 3 nitrogen and oxygen atoms in total. The molecule has 0 saturated carbocycles. The molecule has 0 aliphatic carbocycles. The van der Waals surface area contributed by atoms with Gasteiger partial charge in [-0.2, -0.15) is 0 Å². The molecule has 1 aromatic carbocycles. The lowest BCUT2D eigenvalue weighted by Gasteiger charge is -2.10. The third-order valence-corrected chi connectivity index (χ3v) is 5.02. The van der Waals surface area contributed by atoms with Crippen LogP contribution >= 0.6 is 27.3 Å². The summed E-state index contributed by atoms with van der Waals surface area (Å²) < 4.78 is 5.96. The number of esters is 1. The van der Waals surface area contributed by atoms with Crippen molar-refractivity contribution in [2.24, 2.45) is 0 Å². The fourth-order valence-corrected chi connectivity index (χ4v) is 4.05. The largest absolute Gasteiger partial charge is 0.434 e. The van der Waals surface area contributed by atoms with Crippen LogP contribution in [-0.4, -0.2) is 22.2 Å². The molecule has 0 unspecified atom stereocenters. The SMILES string of the molecule is O=C1O[C@H](O)[C@H](c2cc3ccccc3s2)[C@H]1Br. The molecule has 0 bridgehead atoms. The van der Waals surface area contributed by atoms with Gasteiger partial charge in [0.25, 0.3) is 0 Å². The van der Waals surface area contributed by atoms with Crippen LogP contribution in [0.15, 0.2) is 30.3 Å². The smallest absolute Gasteiger partial charge is 0.322 e. The van der Waals surface area contributed by atoms with Crippen molar-refractivity contribution in [3.05, 3.63) is 35.2 Å². The van der Waals surface area contributed by atoms with Crippen LogP contribution in [-0.2, 0) is 9.53 Å². The predicted octanol–water partition coefficient (Wildman–Crippen LogP) is 2.62. The lowest BCUT2D eigenvalue weighted by Crippen LogP contribution is -2.17. The molecule has 1 fully saturated rings. The average Bonchev–Trinajstić information content (AvgIpc) is 2.81. The Bertz CT molecular complexity index is 547. The van der Waals surface area contributed by atoms with E-state index < -0.39 is 17.1 Å². The zero-order chi connectivity index (χ0) is 12.0. The van der Waals surface area contributed by atoms with E-state index in [-0.39, 0.29) is 5.92 Å². The van der Waals surface area contributed by atoms with Crippen molar-refractivity contribution >= 4 is 43.3 Å². The van der Waals surface area contributed by atoms with Gasteiger partial charge < -0.3 is 9.84 Å². The van der Waals surface area contributed by atoms with E-state index in [4.69, 9.17) is 4.74 Å². The molecule has 1 aliphatic rings. The second-order valence-electron chi connectivity index (χ2n) is 3.94. The highest BCUT2D eigenvalue weighted by Crippen LogP contribution is 2.40. The fourth-order valence-electron chi connectivity index (χ4n) is 2.00. The Morgan fingerprint density at radius 3 is 2.76 bits per heavy atom. The number of aliphatic hydroxyl groups excluding tert-OH is 1. The normalized spacial score (nSPS) is 28.6. The van der Waals surface area contributed by atoms with Gasteiger partial charge in [0.05, 0.1) is 5.92 Å². The Morgan fingerprint density at radius 2 is 2.12 bits per heavy atom. The van der Waals surface area contributed by atoms with Crippen molar-refractivity contribution in [2.45, 2.75) is 17.0 Å². The van der Waals surface area contributed by atoms with E-state index in [2.05, 4.69) is 15.9 Å². The first kappa shape index (κ1) is 11.2. The van der Waals surface area contributed by atoms with Crippen LogP contribution < -0.4 is 0 Å². The summed E-state index contributed by atoms with van der Waals surface area (Å²) in [5.41, 5.74) is 0. The van der Waals surface area contributed by atoms with E-state index in [1.807, 2.05) is 30.3 Å². The van der Waals surface area contributed by atoms with Crippen LogP contribution in [0.5, 0.6) is 0 Å². The molecule has 5 heteroatoms. The second-order valence-corrected chi connectivity index (χ2v) is 6.04. The number of fused-ring (bicyclic) bond motifs is 1. The van der Waals surface area contributed by atoms with Gasteiger partial charge in [-0.05, 0) is 17.5 Å². The molecule has 3 atom stereocenters. The van der Waals surface area contributed by atoms with Gasteiger partial charge in [-0.25, -0.2) is 0 Å². The number of cyclic esters (lactones) is 1. The molecule has 1 aliphatic heterocycles. The molecule has 0 radical (unpaired) electrons. The molecular weight excluding hydrogens is 304 g/mol. The lowest BCUT2D eigenvalue weighted by atomic mass is 10.0. The van der Waals surface area contributed by atoms with Gasteiger partial charge in [-0.15, -0.1) is 11.3 Å². The molecule has 88 valence electrons. The van der Waals surface area contributed by atoms with Crippen LogP contribution in [0.1, 0.15) is 10.8 Å². The Balaban J connectivity index is 2.06. The Morgan fingerprint density at radius 1 is 1.35 bits per heavy atom. The summed E-state index contributed by atoms with van der Waals surface area (Å²) in [5, 5.41) is 10.9. The zero-order valence-electron chi connectivity index (χ0n) is 8.67. The maximum Gasteiger partial charge on any atom is 0.322 e. The topological polar surface area (TPSA) is 46.5 Å². The summed E-state index contributed by atoms with van der Waals surface area (Å²) in [7, 11) is 0. The van der Waals surface area contributed by atoms with Crippen LogP contribution in [0.4, 0.5) is 0 Å². The molecule has 3 rings (SSSR count). The average molecular weight is 313 g/mol. The Kier molecular flexibility index (Phi) is 2.69. The number of rotatable bonds is 1. The number of thiophene rings is 1. The fraction of sp³-hybridized carbons (Fsp3) is 0.250. The highest BCUT2D eigenvalue weighted by molar-refractivity contribution is 9.10. The number of hydrogen-bond donors (Lipinski definition) is 1. The third-order valence-electron chi connectivity index (χ3n) is 2.86. The van der Waals surface area contributed by atoms with Gasteiger partial charge in [0, 0.05) is 9.58 Å². The summed E-state index contributed by atoms with van der Waals surface area (Å²) in [6, 6.07) is 9.99. The quantitative estimate of drug-likeness (QED) is 0.650. The van der Waals surface area contributed by atoms with Gasteiger partial charge in [-0.1, -0.05) is 34.1 Å². The maximum atomic E-state index is 11.4. The molecule has 1 saturated heterocycles. The van der Waals surface area contributed by atoms with Gasteiger partial charge in [0.1, 0.15) is 4.83 Å². The standard InChI is InChI=1S/C12H9BrO3S/c13-10-9(11(14)16-12(10)15)8-5-6-3-1-2-4-7(6)17-8/h1-5,9-11,14H/t9-,10-,11+/m1/s1. The van der Waals surface area contributed by atoms with Crippen molar-refractivity contribution in [3.63, 3.8) is 0 Å². The number of hydrogen-bond acceptors (Lipinski definition) is 4. The molecule has 0 amide bonds. The zero-order valence-corrected chi connectivity index (χ0v) is 11.1. The van der Waals surface area contributed by atoms with Crippen molar-refractivity contribution in [2.75, 3.05) is 0 Å². The first-order valence-corrected chi connectivity index (χ1v) is 6.91. The van der Waals surface area contributed by atoms with E-state index in [0.29, 0.717) is 0 Å². The number of aliphatic hydroxyl groups is 1. The van der Waals surface area contributed by atoms with Crippen LogP contribution in [0, 0.1) is 0 Å². The molecule has 2 aromatic rings. The minimum absolute atomic E-state index is 0.320. The third kappa shape index (κ3) is 1.78. The molecule has 17 heavy (non-hydrogen) atoms. The number of alkyl halides is 1. The predicted molar refractivity (Wildman–Crippen MR) is 69.4 cm³/mol. The maximum absolute atomic E-state index is 11.4. The molecule has 0 spiro atoms. The molecule has 1 N–H and O–H groups in total. The summed E-state index contributed by atoms with van der Waals surface area (Å²) >= 11 is 4.86. The van der Waals surface area contributed by atoms with Crippen molar-refractivity contribution in [1.82, 2.24) is 0 Å². The van der Waals surface area contributed by atoms with E-state index in [1.165, 1.54) is 0 Å². The highest BCUT2D eigenvalue weighted by atomic mass is 79.9. The van der Waals surface area contributed by atoms with Crippen LogP contribution in [0.2, 0.25) is 0 Å². The van der Waals surface area contributed by atoms with Crippen LogP contribution in [0.25, 0.3) is 10.1 Å². The van der Waals surface area contributed by atoms with Gasteiger partial charge in [0.2, 0.25) is 6.29 Å². The van der Waals surface area contributed by atoms with E-state index in [9.17, 15) is 9.90 Å². The molecule has 2 heterocycles. The summed E-state index contributed by atoms with van der Waals surface area (Å²) in [5.74, 6) is -0.722. The molecular formula is C12H9BrO3S. The van der Waals surface area contributed by atoms with Crippen molar-refractivity contribution in [1.29, 1.82) is 0 Å². The minimum atomic E-state index is -1.06. The molecule has 1 aromatic heterocycles. The Hall–Kier alpha value is -0.910. The van der Waals surface area contributed by atoms with Crippen LogP contribution in [0.3, 0.4) is 0 Å². The summed E-state index contributed by atoms with van der Waals surface area (Å²) in [6.07, 6.45) is -1.06. The second kappa shape index (κ2) is 4.08. The van der Waals surface area contributed by atoms with E-state index >= 15 is 0 Å². The van der Waals surface area contributed by atoms with Crippen molar-refractivity contribution in [3.8, 4) is 0 Å². The lowest BCUT2D eigenvalue weighted by molar-refractivity contribution is -0.154. The monoisotopic (exact) mass is 312 g/mol. The Labute approximate surface area is 110 Å². The number of benzene rings is 1. The van der Waals surface area contributed by atoms with Gasteiger partial charge in [0.15, 0.2) is 0 Å². The first-order valence-electron chi connectivity index (χ1n) is 5.18. The van der Waals surface area contributed by atoms with Gasteiger partial charge >= 0.3 is 5.97 Å². The minimum Gasteiger partial charge on any atom is -0.434 e. The van der Waals surface area contributed by atoms with E-state index in [1.54, 1.807) is 11.3 Å². The summed E-state index contributed by atoms with van der Waals surface area (Å²) in [4.78, 5) is 11.9. The number of halogens is 1. The van der Waals surface area contributed by atoms with Gasteiger partial charge in [-0.3, -0.25) is 4.79 Å².